The van der Waals surface area contributed by atoms with Crippen molar-refractivity contribution in [2.45, 2.75) is 25.5 Å². The van der Waals surface area contributed by atoms with Gasteiger partial charge in [0.05, 0.1) is 24.4 Å². The monoisotopic (exact) mass is 333 g/mol. The van der Waals surface area contributed by atoms with Gasteiger partial charge in [0.25, 0.3) is 5.91 Å². The summed E-state index contributed by atoms with van der Waals surface area (Å²) in [6.07, 6.45) is 3.55. The van der Waals surface area contributed by atoms with Crippen molar-refractivity contribution in [2.75, 3.05) is 26.7 Å². The first-order valence-electron chi connectivity index (χ1n) is 8.12. The Balaban J connectivity index is 1.70. The highest BCUT2D eigenvalue weighted by Gasteiger charge is 2.33. The summed E-state index contributed by atoms with van der Waals surface area (Å²) in [4.78, 5) is 18.6. The number of amides is 1. The van der Waals surface area contributed by atoms with Crippen molar-refractivity contribution < 1.29 is 13.9 Å². The van der Waals surface area contributed by atoms with Crippen molar-refractivity contribution in [3.63, 3.8) is 0 Å². The van der Waals surface area contributed by atoms with E-state index in [2.05, 4.69) is 27.3 Å². The number of aryl methyl sites for hydroxylation is 2. The van der Waals surface area contributed by atoms with Gasteiger partial charge in [0, 0.05) is 32.8 Å². The number of rotatable bonds is 5. The number of aromatic nitrogens is 3. The van der Waals surface area contributed by atoms with Gasteiger partial charge in [0.2, 0.25) is 0 Å². The molecule has 8 nitrogen and oxygen atoms in total. The van der Waals surface area contributed by atoms with Crippen LogP contribution in [-0.2, 0) is 18.2 Å². The first-order valence-corrected chi connectivity index (χ1v) is 8.12. The summed E-state index contributed by atoms with van der Waals surface area (Å²) in [6.45, 7) is 3.79. The number of carbonyl (C=O) groups excluding carboxylic acids is 1. The first kappa shape index (κ1) is 16.7. The highest BCUT2D eigenvalue weighted by molar-refractivity contribution is 5.93. The lowest BCUT2D eigenvalue weighted by molar-refractivity contribution is -0.0629. The molecule has 1 aliphatic rings. The molecule has 1 N–H and O–H groups in total. The highest BCUT2D eigenvalue weighted by Crippen LogP contribution is 2.27. The zero-order chi connectivity index (χ0) is 17.1. The van der Waals surface area contributed by atoms with Crippen molar-refractivity contribution in [1.82, 2.24) is 25.0 Å². The van der Waals surface area contributed by atoms with Crippen molar-refractivity contribution in [1.29, 1.82) is 0 Å². The Morgan fingerprint density at radius 2 is 2.29 bits per heavy atom. The predicted octanol–water partition coefficient (Wildman–Crippen LogP) is 0.772. The summed E-state index contributed by atoms with van der Waals surface area (Å²) in [6, 6.07) is 2.02. The first-order chi connectivity index (χ1) is 11.6. The lowest BCUT2D eigenvalue weighted by atomic mass is 10.0. The summed E-state index contributed by atoms with van der Waals surface area (Å²) < 4.78 is 13.0. The third kappa shape index (κ3) is 3.20. The van der Waals surface area contributed by atoms with E-state index < -0.39 is 0 Å². The fourth-order valence-corrected chi connectivity index (χ4v) is 3.11. The van der Waals surface area contributed by atoms with Gasteiger partial charge >= 0.3 is 0 Å². The minimum Gasteiger partial charge on any atom is -0.448 e. The Morgan fingerprint density at radius 1 is 1.46 bits per heavy atom. The number of hydrogen-bond donors (Lipinski definition) is 1. The summed E-state index contributed by atoms with van der Waals surface area (Å²) in [7, 11) is 3.97. The molecule has 1 aliphatic heterocycles. The third-order valence-electron chi connectivity index (χ3n) is 4.41. The molecule has 1 fully saturated rings. The SMILES string of the molecule is CCc1ocnc1C(=O)NC[C@@H]1OCCN(C)[C@H]1c1ccnn1C. The second-order valence-corrected chi connectivity index (χ2v) is 5.90. The van der Waals surface area contributed by atoms with Crippen LogP contribution in [0.3, 0.4) is 0 Å². The summed E-state index contributed by atoms with van der Waals surface area (Å²) >= 11 is 0. The topological polar surface area (TPSA) is 85.4 Å². The van der Waals surface area contributed by atoms with E-state index in [-0.39, 0.29) is 18.1 Å². The molecule has 0 radical (unpaired) electrons. The number of hydrogen-bond acceptors (Lipinski definition) is 6. The highest BCUT2D eigenvalue weighted by atomic mass is 16.5. The molecule has 24 heavy (non-hydrogen) atoms. The fraction of sp³-hybridized carbons (Fsp3) is 0.562. The Hall–Kier alpha value is -2.19. The molecule has 2 aromatic heterocycles. The number of likely N-dealkylation sites (N-methyl/N-ethyl adjacent to an activating group) is 1. The Labute approximate surface area is 140 Å². The Bertz CT molecular complexity index is 695. The number of nitrogens with zero attached hydrogens (tertiary/aromatic N) is 4. The molecule has 2 atom stereocenters. The molecule has 3 rings (SSSR count). The van der Waals surface area contributed by atoms with Gasteiger partial charge in [-0.1, -0.05) is 6.92 Å². The van der Waals surface area contributed by atoms with E-state index in [1.807, 2.05) is 24.7 Å². The van der Waals surface area contributed by atoms with Gasteiger partial charge in [-0.25, -0.2) is 4.98 Å². The van der Waals surface area contributed by atoms with Crippen LogP contribution >= 0.6 is 0 Å². The van der Waals surface area contributed by atoms with E-state index in [4.69, 9.17) is 9.15 Å². The minimum atomic E-state index is -0.235. The van der Waals surface area contributed by atoms with Gasteiger partial charge < -0.3 is 14.5 Å². The summed E-state index contributed by atoms with van der Waals surface area (Å²) in [5, 5.41) is 7.16. The normalized spacial score (nSPS) is 21.8. The average molecular weight is 333 g/mol. The number of nitrogens with one attached hydrogen (secondary N) is 1. The van der Waals surface area contributed by atoms with Gasteiger partial charge in [-0.05, 0) is 13.1 Å². The van der Waals surface area contributed by atoms with Gasteiger partial charge in [-0.15, -0.1) is 0 Å². The molecule has 0 bridgehead atoms. The van der Waals surface area contributed by atoms with E-state index >= 15 is 0 Å². The quantitative estimate of drug-likeness (QED) is 0.870. The van der Waals surface area contributed by atoms with Crippen LogP contribution in [0.5, 0.6) is 0 Å². The maximum absolute atomic E-state index is 12.3. The van der Waals surface area contributed by atoms with Crippen molar-refractivity contribution in [3.05, 3.63) is 35.8 Å². The van der Waals surface area contributed by atoms with Gasteiger partial charge in [0.1, 0.15) is 5.76 Å². The van der Waals surface area contributed by atoms with Gasteiger partial charge in [-0.2, -0.15) is 5.10 Å². The van der Waals surface area contributed by atoms with Crippen molar-refractivity contribution >= 4 is 5.91 Å². The molecule has 1 saturated heterocycles. The fourth-order valence-electron chi connectivity index (χ4n) is 3.11. The Morgan fingerprint density at radius 3 is 3.00 bits per heavy atom. The second kappa shape index (κ2) is 7.14. The van der Waals surface area contributed by atoms with Crippen LogP contribution in [0.4, 0.5) is 0 Å². The van der Waals surface area contributed by atoms with Gasteiger partial charge in [-0.3, -0.25) is 14.4 Å². The van der Waals surface area contributed by atoms with E-state index in [0.717, 1.165) is 12.2 Å². The molecule has 0 aromatic carbocycles. The molecule has 0 spiro atoms. The maximum Gasteiger partial charge on any atom is 0.273 e. The molecule has 130 valence electrons. The molecular formula is C16H23N5O3. The largest absolute Gasteiger partial charge is 0.448 e. The van der Waals surface area contributed by atoms with E-state index in [1.165, 1.54) is 6.39 Å². The smallest absolute Gasteiger partial charge is 0.273 e. The summed E-state index contributed by atoms with van der Waals surface area (Å²) in [5.74, 6) is 0.360. The molecule has 2 aromatic rings. The third-order valence-corrected chi connectivity index (χ3v) is 4.41. The minimum absolute atomic E-state index is 0.0366. The number of ether oxygens (including phenoxy) is 1. The maximum atomic E-state index is 12.3. The predicted molar refractivity (Wildman–Crippen MR) is 86.5 cm³/mol. The molecule has 0 saturated carbocycles. The lowest BCUT2D eigenvalue weighted by Gasteiger charge is -2.39. The molecule has 0 aliphatic carbocycles. The van der Waals surface area contributed by atoms with Crippen LogP contribution in [0.2, 0.25) is 0 Å². The van der Waals surface area contributed by atoms with Gasteiger partial charge in [0.15, 0.2) is 12.1 Å². The number of morpholine rings is 1. The van der Waals surface area contributed by atoms with Crippen molar-refractivity contribution in [3.8, 4) is 0 Å². The molecular weight excluding hydrogens is 310 g/mol. The van der Waals surface area contributed by atoms with E-state index in [9.17, 15) is 4.79 Å². The average Bonchev–Trinajstić information content (AvgIpc) is 3.21. The zero-order valence-electron chi connectivity index (χ0n) is 14.2. The van der Waals surface area contributed by atoms with E-state index in [1.54, 1.807) is 6.20 Å². The van der Waals surface area contributed by atoms with Crippen LogP contribution in [0.25, 0.3) is 0 Å². The lowest BCUT2D eigenvalue weighted by Crippen LogP contribution is -2.49. The molecule has 3 heterocycles. The molecule has 8 heteroatoms. The van der Waals surface area contributed by atoms with Crippen LogP contribution in [-0.4, -0.2) is 58.4 Å². The van der Waals surface area contributed by atoms with Crippen LogP contribution < -0.4 is 5.32 Å². The standard InChI is InChI=1S/C16H23N5O3/c1-4-12-14(18-10-24-12)16(22)17-9-13-15(20(2)7-8-23-13)11-5-6-19-21(11)3/h5-6,10,13,15H,4,7-9H2,1-3H3,(H,17,22)/t13-,15-/m0/s1. The van der Waals surface area contributed by atoms with Crippen LogP contribution in [0.15, 0.2) is 23.1 Å². The number of carbonyl (C=O) groups is 1. The Kier molecular flexibility index (Phi) is 4.96. The van der Waals surface area contributed by atoms with Crippen molar-refractivity contribution in [2.24, 2.45) is 7.05 Å². The van der Waals surface area contributed by atoms with E-state index in [0.29, 0.717) is 31.0 Å². The van der Waals surface area contributed by atoms with Crippen LogP contribution in [0, 0.1) is 0 Å². The second-order valence-electron chi connectivity index (χ2n) is 5.90. The number of oxazole rings is 1. The molecule has 0 unspecified atom stereocenters. The van der Waals surface area contributed by atoms with Crippen LogP contribution in [0.1, 0.15) is 34.9 Å². The molecule has 1 amide bonds. The summed E-state index contributed by atoms with van der Waals surface area (Å²) in [5.41, 5.74) is 1.41. The zero-order valence-corrected chi connectivity index (χ0v) is 14.2.